The summed E-state index contributed by atoms with van der Waals surface area (Å²) in [5, 5.41) is 11.1. The zero-order valence-corrected chi connectivity index (χ0v) is 9.34. The fourth-order valence-electron chi connectivity index (χ4n) is 1.56. The van der Waals surface area contributed by atoms with Crippen molar-refractivity contribution in [3.63, 3.8) is 0 Å². The summed E-state index contributed by atoms with van der Waals surface area (Å²) in [5.74, 6) is 0.779. The molecule has 0 saturated heterocycles. The number of ether oxygens (including phenoxy) is 1. The fraction of sp³-hybridized carbons (Fsp3) is 0.364. The van der Waals surface area contributed by atoms with Crippen LogP contribution in [-0.4, -0.2) is 18.3 Å². The number of carbonyl (C=O) groups is 1. The third kappa shape index (κ3) is 2.21. The molecule has 4 heteroatoms. The Hall–Kier alpha value is -1.71. The van der Waals surface area contributed by atoms with E-state index in [-0.39, 0.29) is 0 Å². The molecule has 1 aromatic carbocycles. The summed E-state index contributed by atoms with van der Waals surface area (Å²) in [5.41, 5.74) is 3.35. The van der Waals surface area contributed by atoms with E-state index in [1.165, 1.54) is 0 Å². The Morgan fingerprint density at radius 1 is 1.33 bits per heavy atom. The Bertz CT molecular complexity index is 399. The Kier molecular flexibility index (Phi) is 3.19. The molecule has 0 aromatic heterocycles. The van der Waals surface area contributed by atoms with Crippen molar-refractivity contribution in [2.24, 2.45) is 0 Å². The summed E-state index contributed by atoms with van der Waals surface area (Å²) in [6, 6.07) is 1.83. The van der Waals surface area contributed by atoms with Gasteiger partial charge in [-0.2, -0.15) is 0 Å². The highest BCUT2D eigenvalue weighted by molar-refractivity contribution is 5.86. The van der Waals surface area contributed by atoms with E-state index in [4.69, 9.17) is 9.84 Å². The Labute approximate surface area is 88.9 Å². The van der Waals surface area contributed by atoms with Crippen LogP contribution in [0.3, 0.4) is 0 Å². The number of methoxy groups -OCH3 is 1. The van der Waals surface area contributed by atoms with Gasteiger partial charge in [0.25, 0.3) is 0 Å². The largest absolute Gasteiger partial charge is 0.496 e. The molecule has 4 nitrogen and oxygen atoms in total. The molecule has 0 saturated carbocycles. The smallest absolute Gasteiger partial charge is 0.409 e. The number of carboxylic acid groups (broad SMARTS) is 1. The molecule has 0 heterocycles. The molecule has 0 atom stereocenters. The summed E-state index contributed by atoms with van der Waals surface area (Å²) in [6.07, 6.45) is -1.05. The Morgan fingerprint density at radius 2 is 1.93 bits per heavy atom. The summed E-state index contributed by atoms with van der Waals surface area (Å²) in [4.78, 5) is 10.6. The number of hydrogen-bond acceptors (Lipinski definition) is 2. The first kappa shape index (κ1) is 11.4. The van der Waals surface area contributed by atoms with Gasteiger partial charge in [-0.15, -0.1) is 0 Å². The first-order valence-electron chi connectivity index (χ1n) is 4.62. The molecule has 1 rings (SSSR count). The zero-order valence-electron chi connectivity index (χ0n) is 9.34. The second-order valence-corrected chi connectivity index (χ2v) is 3.45. The second kappa shape index (κ2) is 4.21. The third-order valence-electron chi connectivity index (χ3n) is 2.50. The molecule has 2 N–H and O–H groups in total. The van der Waals surface area contributed by atoms with Crippen molar-refractivity contribution in [3.05, 3.63) is 22.8 Å². The lowest BCUT2D eigenvalue weighted by Crippen LogP contribution is -2.11. The van der Waals surface area contributed by atoms with Crippen molar-refractivity contribution < 1.29 is 14.6 Å². The van der Waals surface area contributed by atoms with Crippen molar-refractivity contribution in [1.29, 1.82) is 0 Å². The average molecular weight is 209 g/mol. The van der Waals surface area contributed by atoms with Crippen molar-refractivity contribution in [1.82, 2.24) is 0 Å². The number of aryl methyl sites for hydroxylation is 1. The molecule has 82 valence electrons. The van der Waals surface area contributed by atoms with E-state index in [0.29, 0.717) is 5.69 Å². The van der Waals surface area contributed by atoms with Gasteiger partial charge < -0.3 is 9.84 Å². The van der Waals surface area contributed by atoms with Crippen LogP contribution in [0.2, 0.25) is 0 Å². The summed E-state index contributed by atoms with van der Waals surface area (Å²) >= 11 is 0. The molecule has 0 bridgehead atoms. The van der Waals surface area contributed by atoms with E-state index in [0.717, 1.165) is 22.4 Å². The van der Waals surface area contributed by atoms with Gasteiger partial charge in [-0.05, 0) is 43.5 Å². The van der Waals surface area contributed by atoms with E-state index < -0.39 is 6.09 Å². The van der Waals surface area contributed by atoms with Crippen LogP contribution in [0.4, 0.5) is 10.5 Å². The average Bonchev–Trinajstić information content (AvgIpc) is 2.18. The van der Waals surface area contributed by atoms with Crippen LogP contribution in [0.15, 0.2) is 6.07 Å². The SMILES string of the molecule is COc1cc(C)c(NC(=O)O)c(C)c1C. The first-order chi connectivity index (χ1) is 6.97. The van der Waals surface area contributed by atoms with Crippen molar-refractivity contribution in [2.45, 2.75) is 20.8 Å². The minimum atomic E-state index is -1.05. The highest BCUT2D eigenvalue weighted by atomic mass is 16.5. The monoisotopic (exact) mass is 209 g/mol. The number of anilines is 1. The maximum absolute atomic E-state index is 10.6. The lowest BCUT2D eigenvalue weighted by molar-refractivity contribution is 0.209. The van der Waals surface area contributed by atoms with E-state index >= 15 is 0 Å². The van der Waals surface area contributed by atoms with Gasteiger partial charge in [-0.1, -0.05) is 0 Å². The van der Waals surface area contributed by atoms with Gasteiger partial charge >= 0.3 is 6.09 Å². The Balaban J connectivity index is 3.29. The molecule has 0 aliphatic carbocycles. The normalized spacial score (nSPS) is 9.87. The van der Waals surface area contributed by atoms with Gasteiger partial charge in [-0.25, -0.2) is 4.79 Å². The maximum Gasteiger partial charge on any atom is 0.409 e. The Morgan fingerprint density at radius 3 is 2.40 bits per heavy atom. The second-order valence-electron chi connectivity index (χ2n) is 3.45. The minimum Gasteiger partial charge on any atom is -0.496 e. The molecule has 15 heavy (non-hydrogen) atoms. The molecule has 0 spiro atoms. The number of nitrogens with one attached hydrogen (secondary N) is 1. The topological polar surface area (TPSA) is 58.6 Å². The predicted molar refractivity (Wildman–Crippen MR) is 58.9 cm³/mol. The summed E-state index contributed by atoms with van der Waals surface area (Å²) in [7, 11) is 1.60. The van der Waals surface area contributed by atoms with Gasteiger partial charge in [0.05, 0.1) is 12.8 Å². The minimum absolute atomic E-state index is 0.640. The highest BCUT2D eigenvalue weighted by Gasteiger charge is 2.11. The number of hydrogen-bond donors (Lipinski definition) is 2. The van der Waals surface area contributed by atoms with Crippen LogP contribution in [0.1, 0.15) is 16.7 Å². The lowest BCUT2D eigenvalue weighted by Gasteiger charge is -2.15. The fourth-order valence-corrected chi connectivity index (χ4v) is 1.56. The molecule has 1 aromatic rings. The van der Waals surface area contributed by atoms with Gasteiger partial charge in [-0.3, -0.25) is 5.32 Å². The quantitative estimate of drug-likeness (QED) is 0.787. The number of benzene rings is 1. The van der Waals surface area contributed by atoms with Crippen LogP contribution in [0.25, 0.3) is 0 Å². The van der Waals surface area contributed by atoms with Crippen LogP contribution in [0, 0.1) is 20.8 Å². The summed E-state index contributed by atoms with van der Waals surface area (Å²) < 4.78 is 5.19. The predicted octanol–water partition coefficient (Wildman–Crippen LogP) is 2.71. The van der Waals surface area contributed by atoms with Gasteiger partial charge in [0.15, 0.2) is 0 Å². The van der Waals surface area contributed by atoms with Crippen molar-refractivity contribution in [3.8, 4) is 5.75 Å². The first-order valence-corrected chi connectivity index (χ1v) is 4.62. The zero-order chi connectivity index (χ0) is 11.6. The molecule has 1 amide bonds. The van der Waals surface area contributed by atoms with E-state index in [1.54, 1.807) is 7.11 Å². The number of amides is 1. The molecular formula is C11H15NO3. The molecular weight excluding hydrogens is 194 g/mol. The van der Waals surface area contributed by atoms with Crippen molar-refractivity contribution in [2.75, 3.05) is 12.4 Å². The van der Waals surface area contributed by atoms with E-state index in [2.05, 4.69) is 5.32 Å². The van der Waals surface area contributed by atoms with E-state index in [1.807, 2.05) is 26.8 Å². The summed E-state index contributed by atoms with van der Waals surface area (Å²) in [6.45, 7) is 5.62. The van der Waals surface area contributed by atoms with Crippen LogP contribution < -0.4 is 10.1 Å². The van der Waals surface area contributed by atoms with Gasteiger partial charge in [0, 0.05) is 0 Å². The molecule has 0 radical (unpaired) electrons. The molecule has 0 aliphatic heterocycles. The van der Waals surface area contributed by atoms with Crippen LogP contribution >= 0.6 is 0 Å². The van der Waals surface area contributed by atoms with E-state index in [9.17, 15) is 4.79 Å². The van der Waals surface area contributed by atoms with Gasteiger partial charge in [0.2, 0.25) is 0 Å². The third-order valence-corrected chi connectivity index (χ3v) is 2.50. The lowest BCUT2D eigenvalue weighted by atomic mass is 10.0. The van der Waals surface area contributed by atoms with Crippen LogP contribution in [0.5, 0.6) is 5.75 Å². The maximum atomic E-state index is 10.6. The molecule has 0 fully saturated rings. The molecule has 0 unspecified atom stereocenters. The molecule has 0 aliphatic rings. The van der Waals surface area contributed by atoms with Crippen molar-refractivity contribution >= 4 is 11.8 Å². The standard InChI is InChI=1S/C11H15NO3/c1-6-5-9(15-4)7(2)8(3)10(6)12-11(13)14/h5,12H,1-4H3,(H,13,14). The highest BCUT2D eigenvalue weighted by Crippen LogP contribution is 2.30. The number of rotatable bonds is 2. The van der Waals surface area contributed by atoms with Crippen LogP contribution in [-0.2, 0) is 0 Å². The van der Waals surface area contributed by atoms with Gasteiger partial charge in [0.1, 0.15) is 5.75 Å².